The molecule has 0 aliphatic rings. The Morgan fingerprint density at radius 1 is 0.955 bits per heavy atom. The molecule has 0 spiro atoms. The highest BCUT2D eigenvalue weighted by Gasteiger charge is 2.09. The molecule has 0 atom stereocenters. The van der Waals surface area contributed by atoms with Gasteiger partial charge in [0.2, 0.25) is 0 Å². The first-order valence-corrected chi connectivity index (χ1v) is 7.60. The second-order valence-electron chi connectivity index (χ2n) is 4.48. The van der Waals surface area contributed by atoms with Crippen LogP contribution in [-0.4, -0.2) is 16.6 Å². The van der Waals surface area contributed by atoms with Gasteiger partial charge in [0.25, 0.3) is 5.91 Å². The molecule has 4 nitrogen and oxygen atoms in total. The summed E-state index contributed by atoms with van der Waals surface area (Å²) in [6.45, 7) is 0. The number of nitrogens with zero attached hydrogens (tertiary/aromatic N) is 2. The molecular weight excluding hydrogens is 294 g/mol. The van der Waals surface area contributed by atoms with Gasteiger partial charge in [-0.15, -0.1) is 11.3 Å². The maximum Gasteiger partial charge on any atom is 0.271 e. The molecule has 5 heteroatoms. The molecule has 0 unspecified atom stereocenters. The third kappa shape index (κ3) is 3.27. The van der Waals surface area contributed by atoms with Crippen molar-refractivity contribution in [3.05, 3.63) is 88.4 Å². The summed E-state index contributed by atoms with van der Waals surface area (Å²) in [5.74, 6) is -0.257. The van der Waals surface area contributed by atoms with Crippen LogP contribution >= 0.6 is 11.3 Å². The van der Waals surface area contributed by atoms with Crippen LogP contribution in [0.5, 0.6) is 0 Å². The molecule has 2 heterocycles. The first-order valence-electron chi connectivity index (χ1n) is 6.72. The molecule has 0 aliphatic heterocycles. The van der Waals surface area contributed by atoms with Crippen molar-refractivity contribution in [1.29, 1.82) is 0 Å². The van der Waals surface area contributed by atoms with Crippen LogP contribution in [0, 0.1) is 0 Å². The van der Waals surface area contributed by atoms with E-state index < -0.39 is 0 Å². The molecule has 0 bridgehead atoms. The number of nitrogens with one attached hydrogen (secondary N) is 1. The molecule has 0 saturated heterocycles. The fraction of sp³-hybridized carbons (Fsp3) is 0. The molecule has 3 aromatic rings. The first-order chi connectivity index (χ1) is 10.8. The number of amides is 1. The molecule has 22 heavy (non-hydrogen) atoms. The molecule has 2 aromatic heterocycles. The zero-order chi connectivity index (χ0) is 15.2. The predicted octanol–water partition coefficient (Wildman–Crippen LogP) is 3.33. The van der Waals surface area contributed by atoms with Crippen LogP contribution in [0.4, 0.5) is 0 Å². The number of hydrogen-bond acceptors (Lipinski definition) is 4. The number of hydrazone groups is 1. The molecule has 0 saturated carbocycles. The van der Waals surface area contributed by atoms with E-state index in [4.69, 9.17) is 0 Å². The summed E-state index contributed by atoms with van der Waals surface area (Å²) in [6.07, 6.45) is 3.16. The maximum atomic E-state index is 12.1. The van der Waals surface area contributed by atoms with Crippen molar-refractivity contribution in [2.24, 2.45) is 5.10 Å². The van der Waals surface area contributed by atoms with Gasteiger partial charge in [0.05, 0.1) is 4.88 Å². The van der Waals surface area contributed by atoms with E-state index in [0.29, 0.717) is 5.56 Å². The summed E-state index contributed by atoms with van der Waals surface area (Å²) in [6, 6.07) is 17.0. The molecule has 3 rings (SSSR count). The Morgan fingerprint density at radius 3 is 2.41 bits per heavy atom. The van der Waals surface area contributed by atoms with Gasteiger partial charge in [-0.1, -0.05) is 36.4 Å². The van der Waals surface area contributed by atoms with E-state index in [1.54, 1.807) is 35.9 Å². The minimum atomic E-state index is -0.257. The lowest BCUT2D eigenvalue weighted by atomic mass is 10.1. The highest BCUT2D eigenvalue weighted by molar-refractivity contribution is 7.12. The normalized spacial score (nSPS) is 11.2. The number of thiophene rings is 1. The second-order valence-corrected chi connectivity index (χ2v) is 5.43. The highest BCUT2D eigenvalue weighted by Crippen LogP contribution is 2.15. The topological polar surface area (TPSA) is 54.4 Å². The Balaban J connectivity index is 1.88. The number of benzene rings is 1. The van der Waals surface area contributed by atoms with Gasteiger partial charge in [0.1, 0.15) is 5.71 Å². The molecule has 108 valence electrons. The Labute approximate surface area is 132 Å². The van der Waals surface area contributed by atoms with Gasteiger partial charge in [0, 0.05) is 23.5 Å². The number of hydrogen-bond donors (Lipinski definition) is 1. The molecular formula is C17H13N3OS. The van der Waals surface area contributed by atoms with Crippen molar-refractivity contribution >= 4 is 23.0 Å². The van der Waals surface area contributed by atoms with Gasteiger partial charge in [0.15, 0.2) is 0 Å². The lowest BCUT2D eigenvalue weighted by Crippen LogP contribution is -2.20. The number of rotatable bonds is 4. The lowest BCUT2D eigenvalue weighted by molar-refractivity contribution is 0.0955. The van der Waals surface area contributed by atoms with Crippen molar-refractivity contribution in [2.75, 3.05) is 0 Å². The smallest absolute Gasteiger partial charge is 0.267 e. The minimum absolute atomic E-state index is 0.257. The Morgan fingerprint density at radius 2 is 1.73 bits per heavy atom. The Bertz CT molecular complexity index is 768. The molecule has 0 radical (unpaired) electrons. The average molecular weight is 307 g/mol. The number of carbonyl (C=O) groups is 1. The number of aromatic nitrogens is 1. The zero-order valence-electron chi connectivity index (χ0n) is 11.6. The Kier molecular flexibility index (Phi) is 4.36. The third-order valence-electron chi connectivity index (χ3n) is 3.01. The van der Waals surface area contributed by atoms with Crippen LogP contribution < -0.4 is 5.43 Å². The lowest BCUT2D eigenvalue weighted by Gasteiger charge is -2.05. The van der Waals surface area contributed by atoms with Crippen LogP contribution in [0.3, 0.4) is 0 Å². The summed E-state index contributed by atoms with van der Waals surface area (Å²) in [5, 5.41) is 6.30. The zero-order valence-corrected chi connectivity index (χ0v) is 12.5. The molecule has 0 fully saturated rings. The van der Waals surface area contributed by atoms with Gasteiger partial charge in [-0.05, 0) is 23.6 Å². The monoisotopic (exact) mass is 307 g/mol. The van der Waals surface area contributed by atoms with Crippen molar-refractivity contribution in [1.82, 2.24) is 10.4 Å². The van der Waals surface area contributed by atoms with Gasteiger partial charge < -0.3 is 0 Å². The predicted molar refractivity (Wildman–Crippen MR) is 88.1 cm³/mol. The molecule has 1 aromatic carbocycles. The van der Waals surface area contributed by atoms with Gasteiger partial charge >= 0.3 is 0 Å². The van der Waals surface area contributed by atoms with Crippen LogP contribution in [0.15, 0.2) is 77.5 Å². The van der Waals surface area contributed by atoms with Crippen LogP contribution in [-0.2, 0) is 0 Å². The van der Waals surface area contributed by atoms with Crippen LogP contribution in [0.1, 0.15) is 20.8 Å². The van der Waals surface area contributed by atoms with E-state index in [9.17, 15) is 4.79 Å². The molecule has 1 N–H and O–H groups in total. The molecule has 0 aliphatic carbocycles. The van der Waals surface area contributed by atoms with E-state index in [1.165, 1.54) is 0 Å². The van der Waals surface area contributed by atoms with Crippen molar-refractivity contribution in [3.63, 3.8) is 0 Å². The van der Waals surface area contributed by atoms with E-state index in [0.717, 1.165) is 16.2 Å². The van der Waals surface area contributed by atoms with Crippen LogP contribution in [0.2, 0.25) is 0 Å². The Hall–Kier alpha value is -2.79. The summed E-state index contributed by atoms with van der Waals surface area (Å²) < 4.78 is 0. The quantitative estimate of drug-likeness (QED) is 0.594. The van der Waals surface area contributed by atoms with Crippen molar-refractivity contribution in [3.8, 4) is 0 Å². The summed E-state index contributed by atoms with van der Waals surface area (Å²) in [7, 11) is 0. The summed E-state index contributed by atoms with van der Waals surface area (Å²) in [4.78, 5) is 17.0. The maximum absolute atomic E-state index is 12.1. The standard InChI is InChI=1S/C17H13N3OS/c21-17(14-8-10-18-11-9-14)20-19-16(15-7-4-12-22-15)13-5-2-1-3-6-13/h1-12H,(H,20,21). The van der Waals surface area contributed by atoms with E-state index in [2.05, 4.69) is 15.5 Å². The average Bonchev–Trinajstić information content (AvgIpc) is 3.11. The summed E-state index contributed by atoms with van der Waals surface area (Å²) >= 11 is 1.58. The fourth-order valence-electron chi connectivity index (χ4n) is 1.95. The minimum Gasteiger partial charge on any atom is -0.267 e. The highest BCUT2D eigenvalue weighted by atomic mass is 32.1. The van der Waals surface area contributed by atoms with E-state index in [1.807, 2.05) is 47.8 Å². The van der Waals surface area contributed by atoms with E-state index in [-0.39, 0.29) is 5.91 Å². The van der Waals surface area contributed by atoms with Gasteiger partial charge in [-0.25, -0.2) is 5.43 Å². The van der Waals surface area contributed by atoms with E-state index >= 15 is 0 Å². The number of pyridine rings is 1. The van der Waals surface area contributed by atoms with Gasteiger partial charge in [-0.3, -0.25) is 9.78 Å². The largest absolute Gasteiger partial charge is 0.271 e. The van der Waals surface area contributed by atoms with Crippen molar-refractivity contribution in [2.45, 2.75) is 0 Å². The third-order valence-corrected chi connectivity index (χ3v) is 3.89. The second kappa shape index (κ2) is 6.78. The SMILES string of the molecule is O=C(NN=C(c1ccccc1)c1cccs1)c1ccncc1. The first kappa shape index (κ1) is 14.2. The fourth-order valence-corrected chi connectivity index (χ4v) is 2.68. The summed E-state index contributed by atoms with van der Waals surface area (Å²) in [5.41, 5.74) is 4.85. The van der Waals surface area contributed by atoms with Gasteiger partial charge in [-0.2, -0.15) is 5.10 Å². The molecule has 1 amide bonds. The van der Waals surface area contributed by atoms with Crippen LogP contribution in [0.25, 0.3) is 0 Å². The van der Waals surface area contributed by atoms with Crippen molar-refractivity contribution < 1.29 is 4.79 Å². The number of carbonyl (C=O) groups excluding carboxylic acids is 1.